The van der Waals surface area contributed by atoms with E-state index >= 15 is 0 Å². The van der Waals surface area contributed by atoms with Crippen molar-refractivity contribution in [2.24, 2.45) is 5.73 Å². The molecule has 0 saturated heterocycles. The zero-order chi connectivity index (χ0) is 14.8. The Kier molecular flexibility index (Phi) is 3.66. The predicted molar refractivity (Wildman–Crippen MR) is 70.0 cm³/mol. The van der Waals surface area contributed by atoms with Crippen LogP contribution in [-0.2, 0) is 10.0 Å². The average Bonchev–Trinajstić information content (AvgIpc) is 2.41. The molecule has 1 aromatic heterocycles. The number of sulfonamides is 1. The molecule has 0 bridgehead atoms. The van der Waals surface area contributed by atoms with Crippen LogP contribution in [0.2, 0.25) is 0 Å². The third-order valence-corrected chi connectivity index (χ3v) is 3.70. The first-order valence-electron chi connectivity index (χ1n) is 5.44. The van der Waals surface area contributed by atoms with Gasteiger partial charge in [-0.15, -0.1) is 0 Å². The largest absolute Gasteiger partial charge is 0.366 e. The van der Waals surface area contributed by atoms with Crippen molar-refractivity contribution in [1.82, 2.24) is 4.98 Å². The number of primary amides is 1. The molecule has 104 valence electrons. The fourth-order valence-electron chi connectivity index (χ4n) is 1.50. The van der Waals surface area contributed by atoms with Gasteiger partial charge in [-0.2, -0.15) is 8.42 Å². The summed E-state index contributed by atoms with van der Waals surface area (Å²) in [6.45, 7) is 0. The van der Waals surface area contributed by atoms with Crippen LogP contribution in [0, 0.1) is 5.82 Å². The SMILES string of the molecule is NC(=O)c1cccc(NS(=O)(=O)c2ccccn2)c1F. The number of carbonyl (C=O) groups is 1. The number of nitrogens with two attached hydrogens (primary N) is 1. The molecular weight excluding hydrogens is 285 g/mol. The normalized spacial score (nSPS) is 11.1. The molecule has 0 aliphatic rings. The molecule has 8 heteroatoms. The predicted octanol–water partition coefficient (Wildman–Crippen LogP) is 1.12. The molecule has 20 heavy (non-hydrogen) atoms. The molecule has 0 atom stereocenters. The minimum atomic E-state index is -4.03. The highest BCUT2D eigenvalue weighted by molar-refractivity contribution is 7.92. The molecule has 0 saturated carbocycles. The Bertz CT molecular complexity index is 748. The van der Waals surface area contributed by atoms with Crippen LogP contribution in [0.4, 0.5) is 10.1 Å². The molecule has 0 spiro atoms. The Hall–Kier alpha value is -2.48. The highest BCUT2D eigenvalue weighted by Gasteiger charge is 2.19. The van der Waals surface area contributed by atoms with E-state index in [-0.39, 0.29) is 10.7 Å². The van der Waals surface area contributed by atoms with E-state index in [9.17, 15) is 17.6 Å². The summed E-state index contributed by atoms with van der Waals surface area (Å²) in [7, 11) is -4.03. The summed E-state index contributed by atoms with van der Waals surface area (Å²) in [5, 5.41) is -0.260. The number of pyridine rings is 1. The summed E-state index contributed by atoms with van der Waals surface area (Å²) in [5.74, 6) is -2.01. The highest BCUT2D eigenvalue weighted by atomic mass is 32.2. The van der Waals surface area contributed by atoms with Crippen molar-refractivity contribution in [1.29, 1.82) is 0 Å². The lowest BCUT2D eigenvalue weighted by Crippen LogP contribution is -2.18. The van der Waals surface area contributed by atoms with Gasteiger partial charge in [0.15, 0.2) is 10.8 Å². The maximum absolute atomic E-state index is 13.9. The van der Waals surface area contributed by atoms with Gasteiger partial charge in [0, 0.05) is 6.20 Å². The molecule has 2 rings (SSSR count). The maximum atomic E-state index is 13.9. The molecule has 0 aliphatic heterocycles. The van der Waals surface area contributed by atoms with Gasteiger partial charge >= 0.3 is 0 Å². The van der Waals surface area contributed by atoms with E-state index in [2.05, 4.69) is 4.98 Å². The maximum Gasteiger partial charge on any atom is 0.279 e. The Morgan fingerprint density at radius 2 is 1.95 bits per heavy atom. The summed E-state index contributed by atoms with van der Waals surface area (Å²) in [6, 6.07) is 7.96. The van der Waals surface area contributed by atoms with Gasteiger partial charge in [0.25, 0.3) is 15.9 Å². The van der Waals surface area contributed by atoms with Crippen molar-refractivity contribution in [2.75, 3.05) is 4.72 Å². The zero-order valence-corrected chi connectivity index (χ0v) is 10.9. The lowest BCUT2D eigenvalue weighted by atomic mass is 10.2. The van der Waals surface area contributed by atoms with E-state index in [1.807, 2.05) is 4.72 Å². The van der Waals surface area contributed by atoms with Crippen LogP contribution in [0.3, 0.4) is 0 Å². The van der Waals surface area contributed by atoms with Crippen molar-refractivity contribution in [3.05, 3.63) is 54.0 Å². The fraction of sp³-hybridized carbons (Fsp3) is 0. The number of nitrogens with zero attached hydrogens (tertiary/aromatic N) is 1. The van der Waals surface area contributed by atoms with E-state index in [0.717, 1.165) is 6.07 Å². The quantitative estimate of drug-likeness (QED) is 0.882. The van der Waals surface area contributed by atoms with Crippen molar-refractivity contribution in [2.45, 2.75) is 5.03 Å². The average molecular weight is 295 g/mol. The van der Waals surface area contributed by atoms with Crippen LogP contribution in [0.5, 0.6) is 0 Å². The smallest absolute Gasteiger partial charge is 0.279 e. The molecule has 2 aromatic rings. The van der Waals surface area contributed by atoms with Gasteiger partial charge in [0.1, 0.15) is 0 Å². The van der Waals surface area contributed by atoms with Crippen LogP contribution in [-0.4, -0.2) is 19.3 Å². The van der Waals surface area contributed by atoms with Crippen LogP contribution in [0.25, 0.3) is 0 Å². The number of benzene rings is 1. The minimum Gasteiger partial charge on any atom is -0.366 e. The van der Waals surface area contributed by atoms with Crippen LogP contribution >= 0.6 is 0 Å². The number of aromatic nitrogens is 1. The van der Waals surface area contributed by atoms with Gasteiger partial charge in [0.05, 0.1) is 11.3 Å². The van der Waals surface area contributed by atoms with E-state index in [1.54, 1.807) is 6.07 Å². The highest BCUT2D eigenvalue weighted by Crippen LogP contribution is 2.20. The van der Waals surface area contributed by atoms with Gasteiger partial charge in [-0.3, -0.25) is 9.52 Å². The number of hydrogen-bond donors (Lipinski definition) is 2. The second kappa shape index (κ2) is 5.25. The number of amides is 1. The summed E-state index contributed by atoms with van der Waals surface area (Å²) in [5.41, 5.74) is 4.22. The van der Waals surface area contributed by atoms with Gasteiger partial charge in [-0.25, -0.2) is 9.37 Å². The second-order valence-corrected chi connectivity index (χ2v) is 5.43. The van der Waals surface area contributed by atoms with E-state index in [1.165, 1.54) is 30.5 Å². The minimum absolute atomic E-state index is 0.260. The molecule has 6 nitrogen and oxygen atoms in total. The van der Waals surface area contributed by atoms with E-state index in [4.69, 9.17) is 5.73 Å². The van der Waals surface area contributed by atoms with Gasteiger partial charge in [-0.05, 0) is 24.3 Å². The van der Waals surface area contributed by atoms with Crippen molar-refractivity contribution >= 4 is 21.6 Å². The molecule has 3 N–H and O–H groups in total. The molecule has 0 unspecified atom stereocenters. The lowest BCUT2D eigenvalue weighted by Gasteiger charge is -2.09. The summed E-state index contributed by atoms with van der Waals surface area (Å²) < 4.78 is 39.9. The van der Waals surface area contributed by atoms with Crippen LogP contribution in [0.15, 0.2) is 47.6 Å². The van der Waals surface area contributed by atoms with Crippen molar-refractivity contribution < 1.29 is 17.6 Å². The van der Waals surface area contributed by atoms with Crippen molar-refractivity contribution in [3.8, 4) is 0 Å². The number of hydrogen-bond acceptors (Lipinski definition) is 4. The topological polar surface area (TPSA) is 102 Å². The number of rotatable bonds is 4. The number of halogens is 1. The fourth-order valence-corrected chi connectivity index (χ4v) is 2.51. The van der Waals surface area contributed by atoms with Crippen LogP contribution < -0.4 is 10.5 Å². The van der Waals surface area contributed by atoms with E-state index < -0.39 is 27.3 Å². The molecule has 1 aromatic carbocycles. The van der Waals surface area contributed by atoms with E-state index in [0.29, 0.717) is 0 Å². The van der Waals surface area contributed by atoms with Gasteiger partial charge in [-0.1, -0.05) is 12.1 Å². The van der Waals surface area contributed by atoms with Crippen molar-refractivity contribution in [3.63, 3.8) is 0 Å². The Morgan fingerprint density at radius 3 is 2.55 bits per heavy atom. The molecule has 0 fully saturated rings. The second-order valence-electron chi connectivity index (χ2n) is 3.80. The Morgan fingerprint density at radius 1 is 1.20 bits per heavy atom. The van der Waals surface area contributed by atoms with Gasteiger partial charge in [0.2, 0.25) is 0 Å². The zero-order valence-electron chi connectivity index (χ0n) is 10.1. The first kappa shape index (κ1) is 13.9. The lowest BCUT2D eigenvalue weighted by molar-refractivity contribution is 0.0996. The monoisotopic (exact) mass is 295 g/mol. The van der Waals surface area contributed by atoms with Gasteiger partial charge < -0.3 is 5.73 Å². The first-order valence-corrected chi connectivity index (χ1v) is 6.92. The third-order valence-electron chi connectivity index (χ3n) is 2.42. The Balaban J connectivity index is 2.41. The molecule has 0 aliphatic carbocycles. The number of anilines is 1. The number of carbonyl (C=O) groups excluding carboxylic acids is 1. The first-order chi connectivity index (χ1) is 9.42. The summed E-state index contributed by atoms with van der Waals surface area (Å²) in [4.78, 5) is 14.7. The molecule has 1 amide bonds. The summed E-state index contributed by atoms with van der Waals surface area (Å²) >= 11 is 0. The Labute approximate surface area is 114 Å². The molecular formula is C12H10FN3O3S. The third kappa shape index (κ3) is 2.75. The standard InChI is InChI=1S/C12H10FN3O3S/c13-11-8(12(14)17)4-3-5-9(11)16-20(18,19)10-6-1-2-7-15-10/h1-7,16H,(H2,14,17). The molecule has 1 heterocycles. The molecule has 0 radical (unpaired) electrons. The summed E-state index contributed by atoms with van der Waals surface area (Å²) in [6.07, 6.45) is 1.30. The number of nitrogens with one attached hydrogen (secondary N) is 1. The van der Waals surface area contributed by atoms with Crippen LogP contribution in [0.1, 0.15) is 10.4 Å².